The van der Waals surface area contributed by atoms with Crippen molar-refractivity contribution in [1.82, 2.24) is 5.32 Å². The zero-order valence-electron chi connectivity index (χ0n) is 12.0. The lowest BCUT2D eigenvalue weighted by Crippen LogP contribution is -2.45. The largest absolute Gasteiger partial charge is 0.313 e. The maximum absolute atomic E-state index is 3.80. The third-order valence-corrected chi connectivity index (χ3v) is 4.18. The molecule has 1 rings (SSSR count). The molecule has 0 saturated heterocycles. The van der Waals surface area contributed by atoms with Gasteiger partial charge in [-0.2, -0.15) is 0 Å². The summed E-state index contributed by atoms with van der Waals surface area (Å²) in [6, 6.07) is 0.712. The van der Waals surface area contributed by atoms with Gasteiger partial charge in [-0.25, -0.2) is 0 Å². The Morgan fingerprint density at radius 3 is 2.31 bits per heavy atom. The minimum atomic E-state index is 0.405. The van der Waals surface area contributed by atoms with Crippen LogP contribution in [0.25, 0.3) is 0 Å². The summed E-state index contributed by atoms with van der Waals surface area (Å²) in [5.74, 6) is 1.91. The summed E-state index contributed by atoms with van der Waals surface area (Å²) in [4.78, 5) is 0. The lowest BCUT2D eigenvalue weighted by Gasteiger charge is -2.36. The molecule has 1 nitrogen and oxygen atoms in total. The number of hydrogen-bond donors (Lipinski definition) is 1. The Kier molecular flexibility index (Phi) is 5.30. The molecule has 1 saturated carbocycles. The van der Waals surface area contributed by atoms with Crippen LogP contribution >= 0.6 is 0 Å². The van der Waals surface area contributed by atoms with E-state index in [4.69, 9.17) is 0 Å². The molecule has 0 bridgehead atoms. The molecular weight excluding hydrogens is 194 g/mol. The molecule has 0 aromatic rings. The second kappa shape index (κ2) is 6.05. The third kappa shape index (κ3) is 3.76. The molecule has 1 heteroatoms. The van der Waals surface area contributed by atoms with Crippen LogP contribution in [0.3, 0.4) is 0 Å². The molecule has 0 aromatic heterocycles. The predicted molar refractivity (Wildman–Crippen MR) is 72.7 cm³/mol. The Morgan fingerprint density at radius 1 is 1.19 bits per heavy atom. The van der Waals surface area contributed by atoms with Crippen LogP contribution in [0.2, 0.25) is 0 Å². The first-order valence-electron chi connectivity index (χ1n) is 7.22. The van der Waals surface area contributed by atoms with Gasteiger partial charge in [0.05, 0.1) is 0 Å². The molecule has 96 valence electrons. The number of nitrogens with one attached hydrogen (secondary N) is 1. The van der Waals surface area contributed by atoms with Gasteiger partial charge < -0.3 is 5.32 Å². The Hall–Kier alpha value is -0.0400. The molecule has 1 aliphatic rings. The second-order valence-electron chi connectivity index (χ2n) is 6.65. The SMILES string of the molecule is CCCNC(C1CCC(CC)C1)C(C)(C)C. The Balaban J connectivity index is 2.56. The Bertz CT molecular complexity index is 192. The topological polar surface area (TPSA) is 12.0 Å². The fraction of sp³-hybridized carbons (Fsp3) is 1.00. The second-order valence-corrected chi connectivity index (χ2v) is 6.65. The average Bonchev–Trinajstić information content (AvgIpc) is 2.65. The van der Waals surface area contributed by atoms with Gasteiger partial charge in [0.15, 0.2) is 0 Å². The lowest BCUT2D eigenvalue weighted by molar-refractivity contribution is 0.191. The van der Waals surface area contributed by atoms with Gasteiger partial charge in [0, 0.05) is 6.04 Å². The van der Waals surface area contributed by atoms with Gasteiger partial charge in [-0.15, -0.1) is 0 Å². The zero-order chi connectivity index (χ0) is 12.2. The standard InChI is InChI=1S/C15H31N/c1-6-10-16-14(15(3,4)5)13-9-8-12(7-2)11-13/h12-14,16H,6-11H2,1-5H3. The minimum Gasteiger partial charge on any atom is -0.313 e. The van der Waals surface area contributed by atoms with Gasteiger partial charge in [0.25, 0.3) is 0 Å². The van der Waals surface area contributed by atoms with E-state index in [0.717, 1.165) is 11.8 Å². The summed E-state index contributed by atoms with van der Waals surface area (Å²) in [6.07, 6.45) is 6.98. The molecule has 0 aromatic carbocycles. The van der Waals surface area contributed by atoms with E-state index < -0.39 is 0 Å². The first-order valence-corrected chi connectivity index (χ1v) is 7.22. The zero-order valence-corrected chi connectivity index (χ0v) is 12.0. The van der Waals surface area contributed by atoms with Gasteiger partial charge in [0.2, 0.25) is 0 Å². The van der Waals surface area contributed by atoms with Gasteiger partial charge in [0.1, 0.15) is 0 Å². The van der Waals surface area contributed by atoms with E-state index >= 15 is 0 Å². The summed E-state index contributed by atoms with van der Waals surface area (Å²) in [5, 5.41) is 3.80. The van der Waals surface area contributed by atoms with Crippen molar-refractivity contribution >= 4 is 0 Å². The van der Waals surface area contributed by atoms with E-state index in [-0.39, 0.29) is 0 Å². The number of rotatable bonds is 5. The molecule has 16 heavy (non-hydrogen) atoms. The molecule has 1 fully saturated rings. The first-order chi connectivity index (χ1) is 7.49. The van der Waals surface area contributed by atoms with Crippen LogP contribution in [-0.2, 0) is 0 Å². The molecule has 0 aliphatic heterocycles. The van der Waals surface area contributed by atoms with Gasteiger partial charge >= 0.3 is 0 Å². The summed E-state index contributed by atoms with van der Waals surface area (Å²) in [5.41, 5.74) is 0.405. The van der Waals surface area contributed by atoms with Crippen molar-refractivity contribution in [2.24, 2.45) is 17.3 Å². The highest BCUT2D eigenvalue weighted by atomic mass is 14.9. The van der Waals surface area contributed by atoms with Crippen LogP contribution in [0.4, 0.5) is 0 Å². The van der Waals surface area contributed by atoms with Crippen LogP contribution in [0.1, 0.15) is 66.7 Å². The van der Waals surface area contributed by atoms with Crippen molar-refractivity contribution in [2.75, 3.05) is 6.54 Å². The fourth-order valence-corrected chi connectivity index (χ4v) is 3.27. The summed E-state index contributed by atoms with van der Waals surface area (Å²) in [6.45, 7) is 12.9. The van der Waals surface area contributed by atoms with Crippen molar-refractivity contribution < 1.29 is 0 Å². The molecule has 3 unspecified atom stereocenters. The van der Waals surface area contributed by atoms with Crippen molar-refractivity contribution in [3.63, 3.8) is 0 Å². The smallest absolute Gasteiger partial charge is 0.0144 e. The van der Waals surface area contributed by atoms with E-state index in [0.29, 0.717) is 11.5 Å². The Morgan fingerprint density at radius 2 is 1.88 bits per heavy atom. The predicted octanol–water partition coefficient (Wildman–Crippen LogP) is 4.23. The van der Waals surface area contributed by atoms with Crippen molar-refractivity contribution in [1.29, 1.82) is 0 Å². The van der Waals surface area contributed by atoms with Gasteiger partial charge in [-0.05, 0) is 43.1 Å². The minimum absolute atomic E-state index is 0.405. The normalized spacial score (nSPS) is 28.3. The van der Waals surface area contributed by atoms with Crippen molar-refractivity contribution in [3.05, 3.63) is 0 Å². The third-order valence-electron chi connectivity index (χ3n) is 4.18. The van der Waals surface area contributed by atoms with E-state index in [9.17, 15) is 0 Å². The van der Waals surface area contributed by atoms with Gasteiger partial charge in [-0.3, -0.25) is 0 Å². The number of hydrogen-bond acceptors (Lipinski definition) is 1. The molecule has 0 radical (unpaired) electrons. The quantitative estimate of drug-likeness (QED) is 0.738. The van der Waals surface area contributed by atoms with Crippen LogP contribution < -0.4 is 5.32 Å². The molecular formula is C15H31N. The summed E-state index contributed by atoms with van der Waals surface area (Å²) < 4.78 is 0. The van der Waals surface area contributed by atoms with Crippen LogP contribution in [-0.4, -0.2) is 12.6 Å². The van der Waals surface area contributed by atoms with E-state index in [2.05, 4.69) is 39.9 Å². The van der Waals surface area contributed by atoms with Crippen molar-refractivity contribution in [3.8, 4) is 0 Å². The Labute approximate surface area is 102 Å². The first kappa shape index (κ1) is 14.0. The van der Waals surface area contributed by atoms with Crippen LogP contribution in [0.15, 0.2) is 0 Å². The molecule has 0 amide bonds. The fourth-order valence-electron chi connectivity index (χ4n) is 3.27. The highest BCUT2D eigenvalue weighted by Gasteiger charge is 2.35. The summed E-state index contributed by atoms with van der Waals surface area (Å²) >= 11 is 0. The monoisotopic (exact) mass is 225 g/mol. The highest BCUT2D eigenvalue weighted by molar-refractivity contribution is 4.90. The lowest BCUT2D eigenvalue weighted by atomic mass is 9.77. The van der Waals surface area contributed by atoms with Crippen LogP contribution in [0, 0.1) is 17.3 Å². The molecule has 0 spiro atoms. The van der Waals surface area contributed by atoms with Crippen molar-refractivity contribution in [2.45, 2.75) is 72.8 Å². The highest BCUT2D eigenvalue weighted by Crippen LogP contribution is 2.39. The van der Waals surface area contributed by atoms with Gasteiger partial charge in [-0.1, -0.05) is 47.5 Å². The molecule has 0 heterocycles. The molecule has 1 aliphatic carbocycles. The maximum Gasteiger partial charge on any atom is 0.0144 e. The van der Waals surface area contributed by atoms with E-state index in [1.807, 2.05) is 0 Å². The molecule has 3 atom stereocenters. The van der Waals surface area contributed by atoms with Crippen LogP contribution in [0.5, 0.6) is 0 Å². The molecule has 1 N–H and O–H groups in total. The van der Waals surface area contributed by atoms with E-state index in [1.54, 1.807) is 0 Å². The average molecular weight is 225 g/mol. The maximum atomic E-state index is 3.80. The van der Waals surface area contributed by atoms with E-state index in [1.165, 1.54) is 38.6 Å². The summed E-state index contributed by atoms with van der Waals surface area (Å²) in [7, 11) is 0.